The molecule has 5 nitrogen and oxygen atoms in total. The average molecular weight is 377 g/mol. The normalized spacial score (nSPS) is 13.6. The van der Waals surface area contributed by atoms with E-state index in [0.29, 0.717) is 6.61 Å². The Morgan fingerprint density at radius 3 is 2.53 bits per heavy atom. The predicted molar refractivity (Wildman–Crippen MR) is 86.8 cm³/mol. The zero-order chi connectivity index (χ0) is 12.8. The molecule has 0 amide bonds. The summed E-state index contributed by atoms with van der Waals surface area (Å²) in [5.74, 6) is 2.63. The maximum Gasteiger partial charge on any atom is 0.193 e. The molecule has 2 rings (SSSR count). The number of hydrogen-bond donors (Lipinski definition) is 1. The monoisotopic (exact) mass is 377 g/mol. The largest absolute Gasteiger partial charge is 0.497 e. The van der Waals surface area contributed by atoms with E-state index in [-0.39, 0.29) is 24.0 Å². The standard InChI is InChI=1S/C13H19N3O2.HI/c1-16-9-7-14-13(16)15-8-10-18-12-5-3-11(17-2)4-6-12;/h3-6H,7-10H2,1-2H3,(H,14,15);1H. The summed E-state index contributed by atoms with van der Waals surface area (Å²) in [5.41, 5.74) is 0. The van der Waals surface area contributed by atoms with Gasteiger partial charge in [-0.25, -0.2) is 0 Å². The van der Waals surface area contributed by atoms with Crippen LogP contribution in [0, 0.1) is 0 Å². The molecule has 1 aromatic rings. The van der Waals surface area contributed by atoms with Crippen LogP contribution in [0.5, 0.6) is 11.5 Å². The van der Waals surface area contributed by atoms with E-state index in [1.165, 1.54) is 0 Å². The Morgan fingerprint density at radius 2 is 1.95 bits per heavy atom. The molecule has 0 aromatic heterocycles. The van der Waals surface area contributed by atoms with Crippen molar-refractivity contribution in [3.8, 4) is 11.5 Å². The quantitative estimate of drug-likeness (QED) is 0.626. The molecule has 1 N–H and O–H groups in total. The van der Waals surface area contributed by atoms with Crippen molar-refractivity contribution in [2.24, 2.45) is 4.99 Å². The molecule has 1 heterocycles. The predicted octanol–water partition coefficient (Wildman–Crippen LogP) is 1.58. The number of aliphatic imine (C=N–C) groups is 1. The van der Waals surface area contributed by atoms with Crippen LogP contribution in [0.1, 0.15) is 0 Å². The third-order valence-corrected chi connectivity index (χ3v) is 2.77. The van der Waals surface area contributed by atoms with Crippen molar-refractivity contribution in [3.05, 3.63) is 24.3 Å². The summed E-state index contributed by atoms with van der Waals surface area (Å²) in [6.07, 6.45) is 0. The van der Waals surface area contributed by atoms with Gasteiger partial charge in [0.25, 0.3) is 0 Å². The summed E-state index contributed by atoms with van der Waals surface area (Å²) in [7, 11) is 3.68. The fraction of sp³-hybridized carbons (Fsp3) is 0.462. The first kappa shape index (κ1) is 15.9. The van der Waals surface area contributed by atoms with Gasteiger partial charge < -0.3 is 19.7 Å². The van der Waals surface area contributed by atoms with Gasteiger partial charge >= 0.3 is 0 Å². The highest BCUT2D eigenvalue weighted by molar-refractivity contribution is 14.0. The van der Waals surface area contributed by atoms with E-state index in [1.807, 2.05) is 31.3 Å². The van der Waals surface area contributed by atoms with Crippen LogP contribution in [0.25, 0.3) is 0 Å². The minimum atomic E-state index is 0. The van der Waals surface area contributed by atoms with Crippen molar-refractivity contribution < 1.29 is 9.47 Å². The Labute approximate surface area is 131 Å². The molecule has 0 spiro atoms. The van der Waals surface area contributed by atoms with Crippen LogP contribution in [0.3, 0.4) is 0 Å². The number of methoxy groups -OCH3 is 1. The fourth-order valence-electron chi connectivity index (χ4n) is 1.73. The third kappa shape index (κ3) is 4.77. The van der Waals surface area contributed by atoms with Crippen molar-refractivity contribution in [2.45, 2.75) is 0 Å². The average Bonchev–Trinajstić information content (AvgIpc) is 2.81. The molecule has 0 saturated heterocycles. The van der Waals surface area contributed by atoms with Crippen LogP contribution in [-0.2, 0) is 0 Å². The number of nitrogens with one attached hydrogen (secondary N) is 1. The topological polar surface area (TPSA) is 46.1 Å². The zero-order valence-corrected chi connectivity index (χ0v) is 13.6. The van der Waals surface area contributed by atoms with Crippen molar-refractivity contribution in [1.29, 1.82) is 0 Å². The molecule has 0 saturated carbocycles. The summed E-state index contributed by atoms with van der Waals surface area (Å²) < 4.78 is 10.7. The van der Waals surface area contributed by atoms with E-state index in [1.54, 1.807) is 7.11 Å². The summed E-state index contributed by atoms with van der Waals surface area (Å²) >= 11 is 0. The number of rotatable bonds is 5. The van der Waals surface area contributed by atoms with Crippen LogP contribution >= 0.6 is 24.0 Å². The SMILES string of the molecule is COc1ccc(OCCNC2=NCCN2C)cc1.I. The Morgan fingerprint density at radius 1 is 1.26 bits per heavy atom. The van der Waals surface area contributed by atoms with Crippen molar-refractivity contribution in [3.63, 3.8) is 0 Å². The number of ether oxygens (including phenoxy) is 2. The van der Waals surface area contributed by atoms with Gasteiger partial charge in [0.15, 0.2) is 5.96 Å². The molecule has 6 heteroatoms. The lowest BCUT2D eigenvalue weighted by Crippen LogP contribution is -2.37. The minimum Gasteiger partial charge on any atom is -0.497 e. The highest BCUT2D eigenvalue weighted by Gasteiger charge is 2.10. The first-order valence-corrected chi connectivity index (χ1v) is 6.06. The second-order valence-corrected chi connectivity index (χ2v) is 4.08. The summed E-state index contributed by atoms with van der Waals surface area (Å²) in [5, 5.41) is 3.25. The number of hydrogen-bond acceptors (Lipinski definition) is 5. The lowest BCUT2D eigenvalue weighted by molar-refractivity contribution is 0.319. The Bertz CT molecular complexity index is 409. The Kier molecular flexibility index (Phi) is 6.75. The van der Waals surface area contributed by atoms with E-state index in [9.17, 15) is 0 Å². The summed E-state index contributed by atoms with van der Waals surface area (Å²) in [6, 6.07) is 7.57. The van der Waals surface area contributed by atoms with Gasteiger partial charge in [0, 0.05) is 13.6 Å². The molecule has 0 bridgehead atoms. The Balaban J connectivity index is 0.00000180. The van der Waals surface area contributed by atoms with Gasteiger partial charge in [0.2, 0.25) is 0 Å². The molecular formula is C13H20IN3O2. The molecule has 1 aliphatic heterocycles. The molecule has 1 aromatic carbocycles. The molecule has 106 valence electrons. The molecule has 0 radical (unpaired) electrons. The minimum absolute atomic E-state index is 0. The first-order valence-electron chi connectivity index (χ1n) is 6.06. The van der Waals surface area contributed by atoms with Crippen LogP contribution in [-0.4, -0.2) is 51.3 Å². The van der Waals surface area contributed by atoms with E-state index in [2.05, 4.69) is 15.2 Å². The molecule has 0 unspecified atom stereocenters. The number of nitrogens with zero attached hydrogens (tertiary/aromatic N) is 2. The number of guanidine groups is 1. The lowest BCUT2D eigenvalue weighted by Gasteiger charge is -2.15. The van der Waals surface area contributed by atoms with Crippen molar-refractivity contribution in [1.82, 2.24) is 10.2 Å². The second kappa shape index (κ2) is 8.08. The van der Waals surface area contributed by atoms with Gasteiger partial charge in [-0.05, 0) is 24.3 Å². The zero-order valence-electron chi connectivity index (χ0n) is 11.3. The van der Waals surface area contributed by atoms with E-state index in [4.69, 9.17) is 9.47 Å². The van der Waals surface area contributed by atoms with E-state index >= 15 is 0 Å². The number of likely N-dealkylation sites (N-methyl/N-ethyl adjacent to an activating group) is 1. The van der Waals surface area contributed by atoms with Crippen LogP contribution in [0.2, 0.25) is 0 Å². The number of halogens is 1. The van der Waals surface area contributed by atoms with Gasteiger partial charge in [-0.1, -0.05) is 0 Å². The molecule has 1 aliphatic rings. The van der Waals surface area contributed by atoms with Gasteiger partial charge in [0.05, 0.1) is 20.2 Å². The van der Waals surface area contributed by atoms with Crippen LogP contribution in [0.4, 0.5) is 0 Å². The maximum atomic E-state index is 5.61. The molecular weight excluding hydrogens is 357 g/mol. The van der Waals surface area contributed by atoms with Gasteiger partial charge in [-0.3, -0.25) is 4.99 Å². The molecule has 0 atom stereocenters. The summed E-state index contributed by atoms with van der Waals surface area (Å²) in [6.45, 7) is 3.22. The fourth-order valence-corrected chi connectivity index (χ4v) is 1.73. The molecule has 19 heavy (non-hydrogen) atoms. The highest BCUT2D eigenvalue weighted by atomic mass is 127. The third-order valence-electron chi connectivity index (χ3n) is 2.77. The molecule has 0 fully saturated rings. The summed E-state index contributed by atoms with van der Waals surface area (Å²) in [4.78, 5) is 6.45. The van der Waals surface area contributed by atoms with Gasteiger partial charge in [0.1, 0.15) is 18.1 Å². The van der Waals surface area contributed by atoms with E-state index < -0.39 is 0 Å². The molecule has 0 aliphatic carbocycles. The van der Waals surface area contributed by atoms with Crippen molar-refractivity contribution in [2.75, 3.05) is 40.4 Å². The van der Waals surface area contributed by atoms with Crippen LogP contribution < -0.4 is 14.8 Å². The Hall–Kier alpha value is -1.18. The lowest BCUT2D eigenvalue weighted by atomic mass is 10.3. The van der Waals surface area contributed by atoms with Crippen LogP contribution in [0.15, 0.2) is 29.3 Å². The first-order chi connectivity index (χ1) is 8.79. The smallest absolute Gasteiger partial charge is 0.193 e. The van der Waals surface area contributed by atoms with E-state index in [0.717, 1.165) is 37.1 Å². The van der Waals surface area contributed by atoms with Crippen molar-refractivity contribution >= 4 is 29.9 Å². The number of benzene rings is 1. The van der Waals surface area contributed by atoms with Gasteiger partial charge in [-0.15, -0.1) is 24.0 Å². The maximum absolute atomic E-state index is 5.61. The second-order valence-electron chi connectivity index (χ2n) is 4.08. The van der Waals surface area contributed by atoms with Gasteiger partial charge in [-0.2, -0.15) is 0 Å². The highest BCUT2D eigenvalue weighted by Crippen LogP contribution is 2.16.